The van der Waals surface area contributed by atoms with Crippen molar-refractivity contribution in [2.75, 3.05) is 5.32 Å². The number of anilines is 1. The average molecular weight is 450 g/mol. The molecule has 3 N–H and O–H groups in total. The molecular weight excluding hydrogens is 429 g/mol. The number of rotatable bonds is 4. The van der Waals surface area contributed by atoms with Gasteiger partial charge in [-0.25, -0.2) is 14.6 Å². The molecule has 0 fully saturated rings. The van der Waals surface area contributed by atoms with E-state index < -0.39 is 11.9 Å². The molecule has 0 atom stereocenters. The lowest BCUT2D eigenvalue weighted by Crippen LogP contribution is -2.09. The zero-order valence-corrected chi connectivity index (χ0v) is 18.1. The highest BCUT2D eigenvalue weighted by Gasteiger charge is 2.10. The zero-order chi connectivity index (χ0) is 22.4. The van der Waals surface area contributed by atoms with Crippen LogP contribution < -0.4 is 5.32 Å². The molecule has 0 bridgehead atoms. The van der Waals surface area contributed by atoms with Crippen LogP contribution >= 0.6 is 23.2 Å². The first-order valence-electron chi connectivity index (χ1n) is 8.84. The van der Waals surface area contributed by atoms with Gasteiger partial charge in [0.1, 0.15) is 0 Å². The molecule has 3 aromatic rings. The number of aryl methyl sites for hydroxylation is 2. The van der Waals surface area contributed by atoms with Crippen molar-refractivity contribution in [1.29, 1.82) is 0 Å². The number of hydrogen-bond donors (Lipinski definition) is 3. The van der Waals surface area contributed by atoms with Crippen LogP contribution in [0.5, 0.6) is 0 Å². The molecule has 0 saturated heterocycles. The summed E-state index contributed by atoms with van der Waals surface area (Å²) in [4.78, 5) is 22.7. The van der Waals surface area contributed by atoms with Gasteiger partial charge in [-0.3, -0.25) is 0 Å². The number of carbonyl (C=O) groups is 2. The molecular formula is C21H21Cl2N3O4. The molecule has 0 amide bonds. The van der Waals surface area contributed by atoms with Crippen LogP contribution in [0.1, 0.15) is 16.7 Å². The Hall–Kier alpha value is -3.03. The fourth-order valence-electron chi connectivity index (χ4n) is 2.60. The average Bonchev–Trinajstić information content (AvgIpc) is 3.06. The van der Waals surface area contributed by atoms with Crippen LogP contribution in [0.4, 0.5) is 5.95 Å². The van der Waals surface area contributed by atoms with E-state index >= 15 is 0 Å². The van der Waals surface area contributed by atoms with E-state index in [1.165, 1.54) is 11.1 Å². The van der Waals surface area contributed by atoms with Crippen molar-refractivity contribution in [3.8, 4) is 11.3 Å². The van der Waals surface area contributed by atoms with Crippen molar-refractivity contribution in [2.45, 2.75) is 20.4 Å². The van der Waals surface area contributed by atoms with Gasteiger partial charge in [-0.2, -0.15) is 0 Å². The van der Waals surface area contributed by atoms with Crippen molar-refractivity contribution in [3.63, 3.8) is 0 Å². The quantitative estimate of drug-likeness (QED) is 0.495. The predicted octanol–water partition coefficient (Wildman–Crippen LogP) is 4.78. The molecule has 1 heterocycles. The summed E-state index contributed by atoms with van der Waals surface area (Å²) in [6.07, 6.45) is 1.88. The molecule has 0 aliphatic rings. The van der Waals surface area contributed by atoms with E-state index in [2.05, 4.69) is 42.3 Å². The Morgan fingerprint density at radius 2 is 1.73 bits per heavy atom. The van der Waals surface area contributed by atoms with Crippen molar-refractivity contribution in [3.05, 3.63) is 69.3 Å². The van der Waals surface area contributed by atoms with Gasteiger partial charge in [-0.1, -0.05) is 47.5 Å². The summed E-state index contributed by atoms with van der Waals surface area (Å²) >= 11 is 12.3. The van der Waals surface area contributed by atoms with Gasteiger partial charge >= 0.3 is 11.9 Å². The maximum absolute atomic E-state index is 9.10. The Morgan fingerprint density at radius 3 is 2.33 bits per heavy atom. The second-order valence-electron chi connectivity index (χ2n) is 6.50. The van der Waals surface area contributed by atoms with E-state index in [0.717, 1.165) is 22.8 Å². The molecule has 0 aliphatic heterocycles. The normalized spacial score (nSPS) is 10.2. The molecule has 2 aromatic carbocycles. The first-order valence-corrected chi connectivity index (χ1v) is 9.59. The summed E-state index contributed by atoms with van der Waals surface area (Å²) in [7, 11) is 2.00. The summed E-state index contributed by atoms with van der Waals surface area (Å²) in [6.45, 7) is 4.80. The topological polar surface area (TPSA) is 104 Å². The number of halogens is 2. The molecule has 0 spiro atoms. The molecule has 0 saturated carbocycles. The summed E-state index contributed by atoms with van der Waals surface area (Å²) < 4.78 is 2.04. The van der Waals surface area contributed by atoms with E-state index in [1.54, 1.807) is 6.07 Å². The SMILES string of the molecule is Cc1ccc(-c2cnc(NCc3cccc(Cl)c3Cl)n2C)cc1C.O=C(O)C(=O)O. The molecule has 1 aromatic heterocycles. The Labute approximate surface area is 183 Å². The maximum atomic E-state index is 9.10. The minimum atomic E-state index is -1.82. The smallest absolute Gasteiger partial charge is 0.414 e. The van der Waals surface area contributed by atoms with Crippen molar-refractivity contribution < 1.29 is 19.8 Å². The van der Waals surface area contributed by atoms with Gasteiger partial charge in [0.25, 0.3) is 0 Å². The minimum absolute atomic E-state index is 0.562. The van der Waals surface area contributed by atoms with Gasteiger partial charge in [-0.05, 0) is 42.7 Å². The maximum Gasteiger partial charge on any atom is 0.414 e. The molecule has 0 radical (unpaired) electrons. The van der Waals surface area contributed by atoms with Crippen LogP contribution in [0.25, 0.3) is 11.3 Å². The second kappa shape index (κ2) is 10.1. The molecule has 7 nitrogen and oxygen atoms in total. The van der Waals surface area contributed by atoms with Crippen LogP contribution in [-0.4, -0.2) is 31.7 Å². The standard InChI is InChI=1S/C19H19Cl2N3.C2H2O4/c1-12-7-8-14(9-13(12)2)17-11-23-19(24(17)3)22-10-15-5-4-6-16(20)18(15)21;3-1(4)2(5)6/h4-9,11H,10H2,1-3H3,(H,22,23);(H,3,4)(H,5,6). The third-order valence-corrected chi connectivity index (χ3v) is 5.30. The number of nitrogens with zero attached hydrogens (tertiary/aromatic N) is 2. The highest BCUT2D eigenvalue weighted by molar-refractivity contribution is 6.42. The van der Waals surface area contributed by atoms with Crippen molar-refractivity contribution >= 4 is 41.1 Å². The lowest BCUT2D eigenvalue weighted by molar-refractivity contribution is -0.159. The number of benzene rings is 2. The van der Waals surface area contributed by atoms with Gasteiger partial charge in [0.05, 0.1) is 21.9 Å². The number of aliphatic carboxylic acids is 2. The summed E-state index contributed by atoms with van der Waals surface area (Å²) in [6, 6.07) is 12.1. The second-order valence-corrected chi connectivity index (χ2v) is 7.29. The number of aromatic nitrogens is 2. The van der Waals surface area contributed by atoms with Crippen LogP contribution in [-0.2, 0) is 23.2 Å². The molecule has 30 heavy (non-hydrogen) atoms. The van der Waals surface area contributed by atoms with E-state index in [-0.39, 0.29) is 0 Å². The predicted molar refractivity (Wildman–Crippen MR) is 117 cm³/mol. The van der Waals surface area contributed by atoms with Crippen LogP contribution in [0, 0.1) is 13.8 Å². The first kappa shape index (κ1) is 23.3. The van der Waals surface area contributed by atoms with Crippen LogP contribution in [0.2, 0.25) is 10.0 Å². The lowest BCUT2D eigenvalue weighted by Gasteiger charge is -2.11. The van der Waals surface area contributed by atoms with E-state index in [9.17, 15) is 0 Å². The molecule has 0 unspecified atom stereocenters. The minimum Gasteiger partial charge on any atom is -0.473 e. The highest BCUT2D eigenvalue weighted by Crippen LogP contribution is 2.27. The van der Waals surface area contributed by atoms with Gasteiger partial charge < -0.3 is 20.1 Å². The largest absolute Gasteiger partial charge is 0.473 e. The number of nitrogens with one attached hydrogen (secondary N) is 1. The first-order chi connectivity index (χ1) is 14.1. The molecule has 158 valence electrons. The van der Waals surface area contributed by atoms with Gasteiger partial charge in [0, 0.05) is 19.2 Å². The summed E-state index contributed by atoms with van der Waals surface area (Å²) in [5.41, 5.74) is 5.73. The Kier molecular flexibility index (Phi) is 7.86. The fourth-order valence-corrected chi connectivity index (χ4v) is 2.99. The number of carboxylic acids is 2. The Bertz CT molecular complexity index is 1070. The third-order valence-electron chi connectivity index (χ3n) is 4.44. The van der Waals surface area contributed by atoms with Crippen molar-refractivity contribution in [2.24, 2.45) is 7.05 Å². The van der Waals surface area contributed by atoms with Gasteiger partial charge in [-0.15, -0.1) is 0 Å². The van der Waals surface area contributed by atoms with E-state index in [0.29, 0.717) is 16.6 Å². The number of imidazole rings is 1. The van der Waals surface area contributed by atoms with Crippen LogP contribution in [0.15, 0.2) is 42.6 Å². The Balaban J connectivity index is 0.000000469. The van der Waals surface area contributed by atoms with E-state index in [1.807, 2.05) is 29.9 Å². The summed E-state index contributed by atoms with van der Waals surface area (Å²) in [5.74, 6) is -2.86. The fraction of sp³-hybridized carbons (Fsp3) is 0.190. The Morgan fingerprint density at radius 1 is 1.07 bits per heavy atom. The summed E-state index contributed by atoms with van der Waals surface area (Å²) in [5, 5.41) is 19.2. The molecule has 3 rings (SSSR count). The molecule has 0 aliphatic carbocycles. The third kappa shape index (κ3) is 5.75. The number of hydrogen-bond acceptors (Lipinski definition) is 4. The monoisotopic (exact) mass is 449 g/mol. The van der Waals surface area contributed by atoms with Crippen molar-refractivity contribution in [1.82, 2.24) is 9.55 Å². The van der Waals surface area contributed by atoms with Gasteiger partial charge in [0.2, 0.25) is 5.95 Å². The zero-order valence-electron chi connectivity index (χ0n) is 16.6. The van der Waals surface area contributed by atoms with Crippen LogP contribution in [0.3, 0.4) is 0 Å². The van der Waals surface area contributed by atoms with E-state index in [4.69, 9.17) is 43.0 Å². The lowest BCUT2D eigenvalue weighted by atomic mass is 10.0. The highest BCUT2D eigenvalue weighted by atomic mass is 35.5. The number of carboxylic acid groups (broad SMARTS) is 2. The van der Waals surface area contributed by atoms with Gasteiger partial charge in [0.15, 0.2) is 0 Å². The molecule has 9 heteroatoms.